The Morgan fingerprint density at radius 3 is 2.49 bits per heavy atom. The van der Waals surface area contributed by atoms with Crippen LogP contribution in [0.15, 0.2) is 78.1 Å². The third-order valence-corrected chi connectivity index (χ3v) is 8.93. The van der Waals surface area contributed by atoms with Crippen molar-refractivity contribution in [3.05, 3.63) is 84.3 Å². The number of likely N-dealkylation sites (tertiary alicyclic amines) is 1. The number of ether oxygens (including phenoxy) is 1. The van der Waals surface area contributed by atoms with Gasteiger partial charge in [-0.1, -0.05) is 48.0 Å². The number of carbonyl (C=O) groups is 1. The third-order valence-electron chi connectivity index (χ3n) is 7.25. The molecule has 5 rings (SSSR count). The van der Waals surface area contributed by atoms with Crippen LogP contribution in [0.1, 0.15) is 44.7 Å². The van der Waals surface area contributed by atoms with Crippen LogP contribution in [0.25, 0.3) is 11.0 Å². The highest BCUT2D eigenvalue weighted by Crippen LogP contribution is 2.31. The number of aryl methyl sites for hydroxylation is 1. The Kier molecular flexibility index (Phi) is 8.04. The molecule has 0 N–H and O–H groups in total. The number of fused-ring (bicyclic) bond motifs is 1. The number of hydrogen-bond donors (Lipinski definition) is 0. The molecule has 9 nitrogen and oxygen atoms in total. The van der Waals surface area contributed by atoms with Crippen LogP contribution in [0.4, 0.5) is 10.6 Å². The first-order valence-corrected chi connectivity index (χ1v) is 15.4. The van der Waals surface area contributed by atoms with Gasteiger partial charge in [-0.25, -0.2) is 27.2 Å². The molecule has 216 valence electrons. The largest absolute Gasteiger partial charge is 0.444 e. The fourth-order valence-electron chi connectivity index (χ4n) is 5.22. The predicted octanol–water partition coefficient (Wildman–Crippen LogP) is 5.43. The SMILES string of the molecule is Cc1ccc(S(=O)(=O)n2ccc3c(N(CCc4ccccc4)C4CCCN(C(=O)OC(C)(C)C)C4)ncnc32)cc1. The van der Waals surface area contributed by atoms with Gasteiger partial charge in [-0.3, -0.25) is 0 Å². The van der Waals surface area contributed by atoms with E-state index in [9.17, 15) is 13.2 Å². The molecule has 1 aliphatic rings. The van der Waals surface area contributed by atoms with E-state index < -0.39 is 15.6 Å². The molecule has 2 aromatic carbocycles. The van der Waals surface area contributed by atoms with Gasteiger partial charge in [0.15, 0.2) is 5.65 Å². The normalized spacial score (nSPS) is 16.1. The summed E-state index contributed by atoms with van der Waals surface area (Å²) in [6.45, 7) is 9.27. The average molecular weight is 576 g/mol. The fraction of sp³-hybridized carbons (Fsp3) is 0.387. The molecule has 0 bridgehead atoms. The monoisotopic (exact) mass is 575 g/mol. The highest BCUT2D eigenvalue weighted by Gasteiger charge is 2.32. The lowest BCUT2D eigenvalue weighted by Gasteiger charge is -2.40. The molecule has 4 aromatic rings. The molecular formula is C31H37N5O4S. The van der Waals surface area contributed by atoms with Crippen molar-refractivity contribution >= 4 is 33.0 Å². The highest BCUT2D eigenvalue weighted by atomic mass is 32.2. The first-order chi connectivity index (χ1) is 19.5. The van der Waals surface area contributed by atoms with Crippen LogP contribution in [-0.4, -0.2) is 64.6 Å². The second-order valence-corrected chi connectivity index (χ2v) is 13.3. The second-order valence-electron chi connectivity index (χ2n) is 11.5. The molecule has 1 saturated heterocycles. The zero-order valence-corrected chi connectivity index (χ0v) is 24.8. The van der Waals surface area contributed by atoms with Gasteiger partial charge in [0.25, 0.3) is 10.0 Å². The van der Waals surface area contributed by atoms with Crippen LogP contribution < -0.4 is 4.90 Å². The van der Waals surface area contributed by atoms with Gasteiger partial charge < -0.3 is 14.5 Å². The van der Waals surface area contributed by atoms with Crippen molar-refractivity contribution in [2.75, 3.05) is 24.5 Å². The Balaban J connectivity index is 1.51. The molecule has 10 heteroatoms. The molecule has 0 saturated carbocycles. The lowest BCUT2D eigenvalue weighted by molar-refractivity contribution is 0.0197. The molecule has 2 aromatic heterocycles. The Labute approximate surface area is 241 Å². The summed E-state index contributed by atoms with van der Waals surface area (Å²) in [5.41, 5.74) is 1.90. The average Bonchev–Trinajstić information content (AvgIpc) is 3.39. The summed E-state index contributed by atoms with van der Waals surface area (Å²) in [6.07, 6.45) is 5.08. The van der Waals surface area contributed by atoms with E-state index in [2.05, 4.69) is 27.0 Å². The van der Waals surface area contributed by atoms with Crippen molar-refractivity contribution in [2.24, 2.45) is 0 Å². The van der Waals surface area contributed by atoms with Gasteiger partial charge in [-0.2, -0.15) is 0 Å². The van der Waals surface area contributed by atoms with E-state index in [1.54, 1.807) is 41.4 Å². The summed E-state index contributed by atoms with van der Waals surface area (Å²) >= 11 is 0. The molecule has 0 radical (unpaired) electrons. The minimum absolute atomic E-state index is 0.0323. The van der Waals surface area contributed by atoms with E-state index >= 15 is 0 Å². The van der Waals surface area contributed by atoms with Gasteiger partial charge >= 0.3 is 6.09 Å². The molecule has 41 heavy (non-hydrogen) atoms. The van der Waals surface area contributed by atoms with Gasteiger partial charge in [0.05, 0.1) is 10.3 Å². The van der Waals surface area contributed by atoms with Gasteiger partial charge in [-0.15, -0.1) is 0 Å². The molecule has 1 unspecified atom stereocenters. The standard InChI is InChI=1S/C31H37N5O4S/c1-23-12-14-26(15-13-23)41(38,39)36-20-17-27-28(32-22-33-29(27)36)35(19-16-24-9-6-5-7-10-24)25-11-8-18-34(21-25)30(37)40-31(2,3)4/h5-7,9-10,12-15,17,20,22,25H,8,11,16,18-19,21H2,1-4H3. The molecule has 3 heterocycles. The van der Waals surface area contributed by atoms with Crippen LogP contribution in [0.5, 0.6) is 0 Å². The summed E-state index contributed by atoms with van der Waals surface area (Å²) < 4.78 is 34.1. The number of piperidine rings is 1. The maximum absolute atomic E-state index is 13.6. The van der Waals surface area contributed by atoms with Gasteiger partial charge in [-0.05, 0) is 70.7 Å². The van der Waals surface area contributed by atoms with E-state index in [1.165, 1.54) is 15.9 Å². The third kappa shape index (κ3) is 6.37. The Bertz CT molecular complexity index is 1610. The van der Waals surface area contributed by atoms with E-state index in [0.717, 1.165) is 24.8 Å². The minimum atomic E-state index is -3.86. The number of benzene rings is 2. The van der Waals surface area contributed by atoms with Crippen LogP contribution >= 0.6 is 0 Å². The van der Waals surface area contributed by atoms with Crippen molar-refractivity contribution in [1.29, 1.82) is 0 Å². The topological polar surface area (TPSA) is 97.6 Å². The molecular weight excluding hydrogens is 538 g/mol. The smallest absolute Gasteiger partial charge is 0.410 e. The van der Waals surface area contributed by atoms with Crippen LogP contribution in [-0.2, 0) is 21.2 Å². The van der Waals surface area contributed by atoms with Crippen molar-refractivity contribution in [3.63, 3.8) is 0 Å². The summed E-state index contributed by atoms with van der Waals surface area (Å²) in [5, 5.41) is 0.644. The summed E-state index contributed by atoms with van der Waals surface area (Å²) in [5.74, 6) is 0.653. The Morgan fingerprint density at radius 2 is 1.78 bits per heavy atom. The van der Waals surface area contributed by atoms with Crippen molar-refractivity contribution in [3.8, 4) is 0 Å². The number of amides is 1. The van der Waals surface area contributed by atoms with Gasteiger partial charge in [0, 0.05) is 31.9 Å². The highest BCUT2D eigenvalue weighted by molar-refractivity contribution is 7.90. The molecule has 1 amide bonds. The van der Waals surface area contributed by atoms with E-state index in [4.69, 9.17) is 4.74 Å². The molecule has 1 fully saturated rings. The number of aromatic nitrogens is 3. The summed E-state index contributed by atoms with van der Waals surface area (Å²) in [6, 6.07) is 18.7. The fourth-order valence-corrected chi connectivity index (χ4v) is 6.52. The van der Waals surface area contributed by atoms with Gasteiger partial charge in [0.2, 0.25) is 0 Å². The van der Waals surface area contributed by atoms with Crippen molar-refractivity contribution in [1.82, 2.24) is 18.8 Å². The Hall–Kier alpha value is -3.92. The first kappa shape index (κ1) is 28.6. The number of anilines is 1. The van der Waals surface area contributed by atoms with E-state index in [1.807, 2.05) is 45.9 Å². The van der Waals surface area contributed by atoms with E-state index in [-0.39, 0.29) is 17.0 Å². The maximum atomic E-state index is 13.6. The quantitative estimate of drug-likeness (QED) is 0.290. The summed E-state index contributed by atoms with van der Waals surface area (Å²) in [4.78, 5) is 26.2. The number of carbonyl (C=O) groups excluding carboxylic acids is 1. The van der Waals surface area contributed by atoms with Crippen molar-refractivity contribution < 1.29 is 17.9 Å². The minimum Gasteiger partial charge on any atom is -0.444 e. The molecule has 1 aliphatic heterocycles. The van der Waals surface area contributed by atoms with Crippen LogP contribution in [0.2, 0.25) is 0 Å². The molecule has 1 atom stereocenters. The Morgan fingerprint density at radius 1 is 1.05 bits per heavy atom. The number of nitrogens with zero attached hydrogens (tertiary/aromatic N) is 5. The molecule has 0 aliphatic carbocycles. The predicted molar refractivity (Wildman–Crippen MR) is 160 cm³/mol. The second kappa shape index (κ2) is 11.5. The van der Waals surface area contributed by atoms with Gasteiger partial charge in [0.1, 0.15) is 17.7 Å². The zero-order valence-electron chi connectivity index (χ0n) is 24.0. The van der Waals surface area contributed by atoms with Crippen LogP contribution in [0, 0.1) is 6.92 Å². The maximum Gasteiger partial charge on any atom is 0.410 e. The van der Waals surface area contributed by atoms with Crippen molar-refractivity contribution in [2.45, 2.75) is 63.5 Å². The molecule has 0 spiro atoms. The summed E-state index contributed by atoms with van der Waals surface area (Å²) in [7, 11) is -3.86. The number of rotatable bonds is 7. The lowest BCUT2D eigenvalue weighted by Crippen LogP contribution is -2.51. The first-order valence-electron chi connectivity index (χ1n) is 14.0. The van der Waals surface area contributed by atoms with E-state index in [0.29, 0.717) is 36.5 Å². The zero-order chi connectivity index (χ0) is 29.2. The lowest BCUT2D eigenvalue weighted by atomic mass is 10.0. The number of hydrogen-bond acceptors (Lipinski definition) is 7. The van der Waals surface area contributed by atoms with Crippen LogP contribution in [0.3, 0.4) is 0 Å².